The van der Waals surface area contributed by atoms with Crippen molar-refractivity contribution >= 4 is 39.1 Å². The molecule has 0 aliphatic carbocycles. The minimum Gasteiger partial charge on any atom is -0.495 e. The highest BCUT2D eigenvalue weighted by molar-refractivity contribution is 7.92. The lowest BCUT2D eigenvalue weighted by molar-refractivity contribution is -0.139. The second-order valence-corrected chi connectivity index (χ2v) is 11.7. The summed E-state index contributed by atoms with van der Waals surface area (Å²) in [6.07, 6.45) is 0. The second-order valence-electron chi connectivity index (χ2n) is 9.42. The minimum absolute atomic E-state index is 0.0501. The molecule has 0 saturated heterocycles. The molecule has 0 aliphatic heterocycles. The summed E-state index contributed by atoms with van der Waals surface area (Å²) >= 11 is 6.29. The number of hydrogen-bond acceptors (Lipinski definition) is 7. The fourth-order valence-corrected chi connectivity index (χ4v) is 5.87. The topological polar surface area (TPSA) is 114 Å². The SMILES string of the molecule is CCNC(=O)[C@H](C)N(Cc1ccc(C)cc1)C(=O)CN(c1cc(Cl)ccc1OC)S(=O)(=O)c1ccc(OC)c(OC)c1. The van der Waals surface area contributed by atoms with Crippen LogP contribution in [0.15, 0.2) is 65.6 Å². The van der Waals surface area contributed by atoms with Crippen LogP contribution < -0.4 is 23.8 Å². The Bertz CT molecular complexity index is 1510. The standard InChI is InChI=1S/C30H36ClN3O7S/c1-7-32-30(36)21(3)33(18-22-10-8-20(2)9-11-22)29(35)19-34(25-16-23(31)12-14-26(25)39-4)42(37,38)24-13-15-27(40-5)28(17-24)41-6/h8-17,21H,7,18-19H2,1-6H3,(H,32,36)/t21-/m0/s1. The van der Waals surface area contributed by atoms with Crippen molar-refractivity contribution in [2.75, 3.05) is 38.7 Å². The van der Waals surface area contributed by atoms with Crippen molar-refractivity contribution in [2.45, 2.75) is 38.3 Å². The summed E-state index contributed by atoms with van der Waals surface area (Å²) in [4.78, 5) is 28.1. The minimum atomic E-state index is -4.41. The zero-order chi connectivity index (χ0) is 31.0. The van der Waals surface area contributed by atoms with Crippen molar-refractivity contribution < 1.29 is 32.2 Å². The monoisotopic (exact) mass is 617 g/mol. The Balaban J connectivity index is 2.14. The van der Waals surface area contributed by atoms with Crippen LogP contribution in [-0.2, 0) is 26.2 Å². The van der Waals surface area contributed by atoms with Crippen molar-refractivity contribution in [1.82, 2.24) is 10.2 Å². The molecule has 1 atom stereocenters. The molecule has 0 heterocycles. The predicted molar refractivity (Wildman–Crippen MR) is 162 cm³/mol. The molecule has 0 aliphatic rings. The number of benzene rings is 3. The van der Waals surface area contributed by atoms with Crippen molar-refractivity contribution in [3.8, 4) is 17.2 Å². The zero-order valence-corrected chi connectivity index (χ0v) is 26.1. The van der Waals surface area contributed by atoms with E-state index in [0.29, 0.717) is 12.3 Å². The molecule has 12 heteroatoms. The molecular formula is C30H36ClN3O7S. The Morgan fingerprint density at radius 3 is 2.12 bits per heavy atom. The van der Waals surface area contributed by atoms with Gasteiger partial charge in [-0.25, -0.2) is 8.42 Å². The van der Waals surface area contributed by atoms with Gasteiger partial charge < -0.3 is 24.4 Å². The van der Waals surface area contributed by atoms with E-state index >= 15 is 0 Å². The zero-order valence-electron chi connectivity index (χ0n) is 24.5. The fourth-order valence-electron chi connectivity index (χ4n) is 4.27. The molecule has 0 aromatic heterocycles. The van der Waals surface area contributed by atoms with Crippen LogP contribution >= 0.6 is 11.6 Å². The van der Waals surface area contributed by atoms with Gasteiger partial charge in [-0.05, 0) is 56.7 Å². The Morgan fingerprint density at radius 1 is 0.905 bits per heavy atom. The number of hydrogen-bond donors (Lipinski definition) is 1. The fraction of sp³-hybridized carbons (Fsp3) is 0.333. The second kappa shape index (κ2) is 14.3. The molecule has 3 aromatic rings. The van der Waals surface area contributed by atoms with E-state index in [1.165, 1.54) is 56.6 Å². The number of aryl methyl sites for hydroxylation is 1. The summed E-state index contributed by atoms with van der Waals surface area (Å²) in [5.74, 6) is -0.278. The maximum atomic E-state index is 14.2. The van der Waals surface area contributed by atoms with Crippen LogP contribution in [0.3, 0.4) is 0 Å². The molecule has 42 heavy (non-hydrogen) atoms. The molecule has 0 fully saturated rings. The average molecular weight is 618 g/mol. The predicted octanol–water partition coefficient (Wildman–Crippen LogP) is 4.42. The van der Waals surface area contributed by atoms with Crippen molar-refractivity contribution in [1.29, 1.82) is 0 Å². The number of ether oxygens (including phenoxy) is 3. The first-order valence-electron chi connectivity index (χ1n) is 13.2. The van der Waals surface area contributed by atoms with E-state index in [1.807, 2.05) is 31.2 Å². The molecular weight excluding hydrogens is 582 g/mol. The summed E-state index contributed by atoms with van der Waals surface area (Å²) in [6, 6.07) is 15.2. The third kappa shape index (κ3) is 7.46. The molecule has 0 bridgehead atoms. The number of methoxy groups -OCH3 is 3. The molecule has 10 nitrogen and oxygen atoms in total. The number of anilines is 1. The van der Waals surface area contributed by atoms with Gasteiger partial charge >= 0.3 is 0 Å². The van der Waals surface area contributed by atoms with Crippen molar-refractivity contribution in [2.24, 2.45) is 0 Å². The van der Waals surface area contributed by atoms with Crippen molar-refractivity contribution in [3.63, 3.8) is 0 Å². The highest BCUT2D eigenvalue weighted by Crippen LogP contribution is 2.37. The largest absolute Gasteiger partial charge is 0.495 e. The number of amides is 2. The van der Waals surface area contributed by atoms with E-state index in [0.717, 1.165) is 15.4 Å². The Morgan fingerprint density at radius 2 is 1.52 bits per heavy atom. The van der Waals surface area contributed by atoms with Crippen LogP contribution in [0.4, 0.5) is 5.69 Å². The van der Waals surface area contributed by atoms with Gasteiger partial charge in [0, 0.05) is 24.2 Å². The summed E-state index contributed by atoms with van der Waals surface area (Å²) in [5, 5.41) is 2.97. The molecule has 3 aromatic carbocycles. The lowest BCUT2D eigenvalue weighted by atomic mass is 10.1. The molecule has 0 radical (unpaired) electrons. The van der Waals surface area contributed by atoms with Gasteiger partial charge in [-0.1, -0.05) is 41.4 Å². The van der Waals surface area contributed by atoms with Gasteiger partial charge in [-0.2, -0.15) is 0 Å². The third-order valence-electron chi connectivity index (χ3n) is 6.62. The van der Waals surface area contributed by atoms with Crippen LogP contribution in [0.2, 0.25) is 5.02 Å². The van der Waals surface area contributed by atoms with Gasteiger partial charge in [0.25, 0.3) is 10.0 Å². The number of halogens is 1. The highest BCUT2D eigenvalue weighted by Gasteiger charge is 2.34. The van der Waals surface area contributed by atoms with Crippen LogP contribution in [0.1, 0.15) is 25.0 Å². The van der Waals surface area contributed by atoms with Crippen LogP contribution in [0.5, 0.6) is 17.2 Å². The molecule has 226 valence electrons. The molecule has 0 unspecified atom stereocenters. The average Bonchev–Trinajstić information content (AvgIpc) is 2.98. The lowest BCUT2D eigenvalue weighted by Gasteiger charge is -2.32. The number of nitrogens with one attached hydrogen (secondary N) is 1. The number of rotatable bonds is 13. The maximum absolute atomic E-state index is 14.2. The molecule has 3 rings (SSSR count). The van der Waals surface area contributed by atoms with Crippen molar-refractivity contribution in [3.05, 3.63) is 76.8 Å². The van der Waals surface area contributed by atoms with E-state index in [1.54, 1.807) is 19.9 Å². The van der Waals surface area contributed by atoms with Crippen LogP contribution in [0, 0.1) is 6.92 Å². The number of nitrogens with zero attached hydrogens (tertiary/aromatic N) is 2. The first kappa shape index (κ1) is 32.6. The van der Waals surface area contributed by atoms with Gasteiger partial charge in [0.1, 0.15) is 18.3 Å². The smallest absolute Gasteiger partial charge is 0.265 e. The van der Waals surface area contributed by atoms with Crippen LogP contribution in [0.25, 0.3) is 0 Å². The Kier molecular flexibility index (Phi) is 11.1. The summed E-state index contributed by atoms with van der Waals surface area (Å²) in [5.41, 5.74) is 1.86. The molecule has 0 saturated carbocycles. The van der Waals surface area contributed by atoms with Gasteiger partial charge in [0.15, 0.2) is 11.5 Å². The van der Waals surface area contributed by atoms with E-state index < -0.39 is 28.5 Å². The lowest BCUT2D eigenvalue weighted by Crippen LogP contribution is -2.51. The molecule has 1 N–H and O–H groups in total. The number of carbonyl (C=O) groups is 2. The number of likely N-dealkylation sites (N-methyl/N-ethyl adjacent to an activating group) is 1. The Hall–Kier alpha value is -3.96. The van der Waals surface area contributed by atoms with Gasteiger partial charge in [-0.15, -0.1) is 0 Å². The van der Waals surface area contributed by atoms with E-state index in [9.17, 15) is 18.0 Å². The van der Waals surface area contributed by atoms with Gasteiger partial charge in [0.05, 0.1) is 31.9 Å². The van der Waals surface area contributed by atoms with E-state index in [2.05, 4.69) is 5.32 Å². The summed E-state index contributed by atoms with van der Waals surface area (Å²) < 4.78 is 45.4. The third-order valence-corrected chi connectivity index (χ3v) is 8.61. The Labute approximate surface area is 252 Å². The summed E-state index contributed by atoms with van der Waals surface area (Å²) in [6.45, 7) is 5.12. The van der Waals surface area contributed by atoms with E-state index in [4.69, 9.17) is 25.8 Å². The van der Waals surface area contributed by atoms with Crippen LogP contribution in [-0.4, -0.2) is 65.6 Å². The van der Waals surface area contributed by atoms with Gasteiger partial charge in [-0.3, -0.25) is 13.9 Å². The first-order chi connectivity index (χ1) is 20.0. The summed E-state index contributed by atoms with van der Waals surface area (Å²) in [7, 11) is -0.201. The van der Waals surface area contributed by atoms with Gasteiger partial charge in [0.2, 0.25) is 11.8 Å². The highest BCUT2D eigenvalue weighted by atomic mass is 35.5. The number of sulfonamides is 1. The molecule has 0 spiro atoms. The maximum Gasteiger partial charge on any atom is 0.265 e. The van der Waals surface area contributed by atoms with E-state index in [-0.39, 0.29) is 39.6 Å². The molecule has 2 amide bonds. The normalized spacial score (nSPS) is 11.8. The first-order valence-corrected chi connectivity index (χ1v) is 15.0. The number of carbonyl (C=O) groups excluding carboxylic acids is 2. The quantitative estimate of drug-likeness (QED) is 0.302.